The van der Waals surface area contributed by atoms with Gasteiger partial charge in [0.25, 0.3) is 0 Å². The van der Waals surface area contributed by atoms with Crippen molar-refractivity contribution in [2.24, 2.45) is 0 Å². The molecule has 0 spiro atoms. The van der Waals surface area contributed by atoms with Crippen LogP contribution in [0.15, 0.2) is 72.4 Å². The second kappa shape index (κ2) is 8.11. The van der Waals surface area contributed by atoms with Gasteiger partial charge in [-0.3, -0.25) is 0 Å². The van der Waals surface area contributed by atoms with Gasteiger partial charge >= 0.3 is 5.97 Å². The molecule has 0 unspecified atom stereocenters. The third kappa shape index (κ3) is 4.98. The van der Waals surface area contributed by atoms with Gasteiger partial charge in [0.05, 0.1) is 5.57 Å². The Kier molecular flexibility index (Phi) is 7.11. The Hall–Kier alpha value is -2.09. The first-order chi connectivity index (χ1) is 8.08. The van der Waals surface area contributed by atoms with Crippen LogP contribution in [-0.2, 0) is 4.79 Å². The fourth-order valence-corrected chi connectivity index (χ4v) is 1.22. The van der Waals surface area contributed by atoms with Gasteiger partial charge in [0, 0.05) is 0 Å². The number of carboxylic acids is 1. The van der Waals surface area contributed by atoms with E-state index in [1.807, 2.05) is 25.2 Å². The Morgan fingerprint density at radius 3 is 2.29 bits per heavy atom. The molecule has 0 atom stereocenters. The second-order valence-corrected chi connectivity index (χ2v) is 3.29. The molecule has 1 N–H and O–H groups in total. The van der Waals surface area contributed by atoms with Crippen molar-refractivity contribution in [1.82, 2.24) is 0 Å². The summed E-state index contributed by atoms with van der Waals surface area (Å²) >= 11 is 0. The van der Waals surface area contributed by atoms with Crippen LogP contribution < -0.4 is 0 Å². The largest absolute Gasteiger partial charge is 0.478 e. The lowest BCUT2D eigenvalue weighted by molar-refractivity contribution is -0.132. The number of rotatable bonds is 6. The molecule has 0 aliphatic heterocycles. The van der Waals surface area contributed by atoms with Gasteiger partial charge in [-0.05, 0) is 31.1 Å². The van der Waals surface area contributed by atoms with Crippen LogP contribution in [0.3, 0.4) is 0 Å². The molecule has 0 saturated heterocycles. The summed E-state index contributed by atoms with van der Waals surface area (Å²) in [7, 11) is 0. The van der Waals surface area contributed by atoms with E-state index < -0.39 is 5.97 Å². The second-order valence-electron chi connectivity index (χ2n) is 3.29. The predicted octanol–water partition coefficient (Wildman–Crippen LogP) is 3.82. The van der Waals surface area contributed by atoms with Crippen molar-refractivity contribution in [2.75, 3.05) is 0 Å². The summed E-state index contributed by atoms with van der Waals surface area (Å²) in [5.74, 6) is -0.964. The van der Waals surface area contributed by atoms with E-state index in [9.17, 15) is 4.79 Å². The number of carbonyl (C=O) groups is 1. The maximum atomic E-state index is 11.1. The maximum Gasteiger partial charge on any atom is 0.335 e. The summed E-state index contributed by atoms with van der Waals surface area (Å²) in [5, 5.41) is 9.12. The molecule has 0 heterocycles. The molecule has 0 saturated carbocycles. The number of carboxylic acid groups (broad SMARTS) is 1. The normalized spacial score (nSPS) is 13.9. The Bertz CT molecular complexity index is 418. The fraction of sp³-hybridized carbons (Fsp3) is 0.133. The maximum absolute atomic E-state index is 11.1. The molecule has 2 nitrogen and oxygen atoms in total. The number of hydrogen-bond donors (Lipinski definition) is 1. The first kappa shape index (κ1) is 14.9. The van der Waals surface area contributed by atoms with E-state index in [1.165, 1.54) is 6.08 Å². The minimum absolute atomic E-state index is 0.237. The van der Waals surface area contributed by atoms with Crippen LogP contribution in [-0.4, -0.2) is 11.1 Å². The van der Waals surface area contributed by atoms with E-state index in [1.54, 1.807) is 25.2 Å². The average molecular weight is 230 g/mol. The van der Waals surface area contributed by atoms with Crippen molar-refractivity contribution >= 4 is 5.97 Å². The molecule has 0 bridgehead atoms. The zero-order valence-electron chi connectivity index (χ0n) is 10.3. The molecular formula is C15H18O2. The summed E-state index contributed by atoms with van der Waals surface area (Å²) < 4.78 is 0. The SMILES string of the molecule is C=C\C=C/C(C(=O)O)=C(C)/C(C=C)=C/C=C\C. The molecule has 0 aliphatic carbocycles. The van der Waals surface area contributed by atoms with Crippen molar-refractivity contribution < 1.29 is 9.90 Å². The van der Waals surface area contributed by atoms with Gasteiger partial charge in [-0.15, -0.1) is 0 Å². The van der Waals surface area contributed by atoms with Gasteiger partial charge in [-0.1, -0.05) is 49.6 Å². The Balaban J connectivity index is 5.59. The van der Waals surface area contributed by atoms with Crippen molar-refractivity contribution in [3.05, 3.63) is 72.4 Å². The van der Waals surface area contributed by atoms with Gasteiger partial charge in [0.2, 0.25) is 0 Å². The first-order valence-corrected chi connectivity index (χ1v) is 5.27. The van der Waals surface area contributed by atoms with E-state index >= 15 is 0 Å². The predicted molar refractivity (Wildman–Crippen MR) is 72.8 cm³/mol. The highest BCUT2D eigenvalue weighted by Crippen LogP contribution is 2.17. The van der Waals surface area contributed by atoms with Crippen LogP contribution in [0.1, 0.15) is 13.8 Å². The lowest BCUT2D eigenvalue weighted by Gasteiger charge is -2.05. The fourth-order valence-electron chi connectivity index (χ4n) is 1.22. The molecule has 0 radical (unpaired) electrons. The summed E-state index contributed by atoms with van der Waals surface area (Å²) in [6.07, 6.45) is 11.8. The quantitative estimate of drug-likeness (QED) is 0.556. The molecule has 0 rings (SSSR count). The van der Waals surface area contributed by atoms with E-state index in [2.05, 4.69) is 13.2 Å². The molecule has 2 heteroatoms. The lowest BCUT2D eigenvalue weighted by Crippen LogP contribution is -2.02. The molecular weight excluding hydrogens is 212 g/mol. The summed E-state index contributed by atoms with van der Waals surface area (Å²) in [4.78, 5) is 11.1. The summed E-state index contributed by atoms with van der Waals surface area (Å²) in [6, 6.07) is 0. The number of aliphatic carboxylic acids is 1. The lowest BCUT2D eigenvalue weighted by atomic mass is 10.0. The van der Waals surface area contributed by atoms with Crippen molar-refractivity contribution in [3.8, 4) is 0 Å². The number of hydrogen-bond acceptors (Lipinski definition) is 1. The Labute approximate surface area is 103 Å². The smallest absolute Gasteiger partial charge is 0.335 e. The van der Waals surface area contributed by atoms with Crippen LogP contribution >= 0.6 is 0 Å². The monoisotopic (exact) mass is 230 g/mol. The minimum atomic E-state index is -0.964. The summed E-state index contributed by atoms with van der Waals surface area (Å²) in [6.45, 7) is 10.9. The zero-order valence-corrected chi connectivity index (χ0v) is 10.3. The molecule has 17 heavy (non-hydrogen) atoms. The summed E-state index contributed by atoms with van der Waals surface area (Å²) in [5.41, 5.74) is 1.69. The third-order valence-electron chi connectivity index (χ3n) is 2.15. The molecule has 0 fully saturated rings. The van der Waals surface area contributed by atoms with E-state index in [4.69, 9.17) is 5.11 Å². The van der Waals surface area contributed by atoms with Gasteiger partial charge in [0.15, 0.2) is 0 Å². The minimum Gasteiger partial charge on any atom is -0.478 e. The third-order valence-corrected chi connectivity index (χ3v) is 2.15. The van der Waals surface area contributed by atoms with E-state index in [-0.39, 0.29) is 5.57 Å². The first-order valence-electron chi connectivity index (χ1n) is 5.27. The Morgan fingerprint density at radius 2 is 1.88 bits per heavy atom. The highest BCUT2D eigenvalue weighted by atomic mass is 16.4. The average Bonchev–Trinajstić information content (AvgIpc) is 2.30. The molecule has 90 valence electrons. The van der Waals surface area contributed by atoms with Gasteiger partial charge in [-0.25, -0.2) is 4.79 Å². The molecule has 0 aromatic carbocycles. The molecule has 0 aliphatic rings. The zero-order chi connectivity index (χ0) is 13.3. The van der Waals surface area contributed by atoms with Crippen LogP contribution in [0.2, 0.25) is 0 Å². The number of allylic oxidation sites excluding steroid dienone is 8. The van der Waals surface area contributed by atoms with Crippen molar-refractivity contribution in [2.45, 2.75) is 13.8 Å². The van der Waals surface area contributed by atoms with Crippen LogP contribution in [0, 0.1) is 0 Å². The van der Waals surface area contributed by atoms with Crippen molar-refractivity contribution in [1.29, 1.82) is 0 Å². The highest BCUT2D eigenvalue weighted by molar-refractivity contribution is 5.92. The van der Waals surface area contributed by atoms with Crippen LogP contribution in [0.25, 0.3) is 0 Å². The molecule has 0 aromatic rings. The van der Waals surface area contributed by atoms with Gasteiger partial charge in [-0.2, -0.15) is 0 Å². The van der Waals surface area contributed by atoms with Crippen LogP contribution in [0.4, 0.5) is 0 Å². The topological polar surface area (TPSA) is 37.3 Å². The van der Waals surface area contributed by atoms with E-state index in [0.717, 1.165) is 5.57 Å². The standard InChI is InChI=1S/C15H18O2/c1-5-8-10-13(7-3)12(4)14(15(16)17)11-9-6-2/h5-11H,2-3H2,1,4H3,(H,16,17)/b8-5-,11-9-,13-10+,14-12-. The van der Waals surface area contributed by atoms with Gasteiger partial charge in [0.1, 0.15) is 0 Å². The van der Waals surface area contributed by atoms with Gasteiger partial charge < -0.3 is 5.11 Å². The highest BCUT2D eigenvalue weighted by Gasteiger charge is 2.09. The molecule has 0 aromatic heterocycles. The van der Waals surface area contributed by atoms with E-state index in [0.29, 0.717) is 5.57 Å². The Morgan fingerprint density at radius 1 is 1.24 bits per heavy atom. The van der Waals surface area contributed by atoms with Crippen LogP contribution in [0.5, 0.6) is 0 Å². The van der Waals surface area contributed by atoms with Crippen molar-refractivity contribution in [3.63, 3.8) is 0 Å². The molecule has 0 amide bonds.